The van der Waals surface area contributed by atoms with Crippen molar-refractivity contribution in [3.63, 3.8) is 0 Å². The zero-order valence-corrected chi connectivity index (χ0v) is 15.1. The first kappa shape index (κ1) is 17.8. The highest BCUT2D eigenvalue weighted by atomic mass is 32.2. The number of halogens is 1. The molecule has 0 spiro atoms. The largest absolute Gasteiger partial charge is 0.316 e. The van der Waals surface area contributed by atoms with Crippen molar-refractivity contribution in [3.05, 3.63) is 65.3 Å². The minimum atomic E-state index is -3.94. The molecule has 130 valence electrons. The molecule has 0 aliphatic carbocycles. The van der Waals surface area contributed by atoms with Gasteiger partial charge in [-0.05, 0) is 29.6 Å². The van der Waals surface area contributed by atoms with E-state index in [2.05, 4.69) is 5.32 Å². The molecule has 3 aromatic rings. The second kappa shape index (κ2) is 7.05. The number of hydrogen-bond donors (Lipinski definition) is 2. The molecule has 0 aliphatic rings. The topological polar surface area (TPSA) is 72.2 Å². The third-order valence-electron chi connectivity index (χ3n) is 3.83. The molecule has 0 aliphatic heterocycles. The van der Waals surface area contributed by atoms with Gasteiger partial charge in [0.1, 0.15) is 10.0 Å². The molecular weight excluding hydrogens is 359 g/mol. The van der Waals surface area contributed by atoms with Crippen LogP contribution in [-0.4, -0.2) is 15.5 Å². The normalized spacial score (nSPS) is 11.6. The molecule has 3 rings (SSSR count). The summed E-state index contributed by atoms with van der Waals surface area (Å²) in [6, 6.07) is 14.4. The second-order valence-electron chi connectivity index (χ2n) is 5.52. The second-order valence-corrected chi connectivity index (χ2v) is 8.20. The Hall–Kier alpha value is -2.06. The number of benzene rings is 2. The number of primary sulfonamides is 1. The van der Waals surface area contributed by atoms with Crippen LogP contribution in [0.25, 0.3) is 22.3 Å². The monoisotopic (exact) mass is 376 g/mol. The molecule has 0 radical (unpaired) electrons. The highest BCUT2D eigenvalue weighted by Crippen LogP contribution is 2.40. The van der Waals surface area contributed by atoms with E-state index in [0.717, 1.165) is 16.9 Å². The molecule has 4 nitrogen and oxygen atoms in total. The van der Waals surface area contributed by atoms with E-state index in [0.29, 0.717) is 23.2 Å². The summed E-state index contributed by atoms with van der Waals surface area (Å²) in [7, 11) is -2.22. The summed E-state index contributed by atoms with van der Waals surface area (Å²) in [5.74, 6) is -0.445. The number of nitrogens with two attached hydrogens (primary N) is 1. The Morgan fingerprint density at radius 1 is 1.08 bits per heavy atom. The van der Waals surface area contributed by atoms with Crippen molar-refractivity contribution in [2.45, 2.75) is 10.8 Å². The van der Waals surface area contributed by atoms with Crippen LogP contribution in [0, 0.1) is 5.82 Å². The van der Waals surface area contributed by atoms with Crippen molar-refractivity contribution in [2.24, 2.45) is 5.14 Å². The van der Waals surface area contributed by atoms with Gasteiger partial charge in [-0.25, -0.2) is 17.9 Å². The quantitative estimate of drug-likeness (QED) is 0.715. The molecule has 0 saturated carbocycles. The minimum absolute atomic E-state index is 0.0369. The van der Waals surface area contributed by atoms with Crippen LogP contribution in [0.5, 0.6) is 0 Å². The highest BCUT2D eigenvalue weighted by molar-refractivity contribution is 7.91. The Morgan fingerprint density at radius 2 is 1.80 bits per heavy atom. The Labute approximate surface area is 150 Å². The molecule has 0 bridgehead atoms. The SMILES string of the molecule is CNCc1ccc(-c2ccccc2)c(-c2ccsc2S(N)(=O)=O)c1F. The molecule has 2 aromatic carbocycles. The Kier molecular flexibility index (Phi) is 5.01. The van der Waals surface area contributed by atoms with Crippen LogP contribution in [0.3, 0.4) is 0 Å². The summed E-state index contributed by atoms with van der Waals surface area (Å²) >= 11 is 0.988. The molecule has 3 N–H and O–H groups in total. The van der Waals surface area contributed by atoms with Crippen LogP contribution in [0.4, 0.5) is 4.39 Å². The van der Waals surface area contributed by atoms with Gasteiger partial charge in [-0.15, -0.1) is 11.3 Å². The number of sulfonamides is 1. The lowest BCUT2D eigenvalue weighted by Crippen LogP contribution is -2.12. The van der Waals surface area contributed by atoms with Crippen molar-refractivity contribution in [3.8, 4) is 22.3 Å². The lowest BCUT2D eigenvalue weighted by atomic mass is 9.93. The van der Waals surface area contributed by atoms with Crippen molar-refractivity contribution in [1.29, 1.82) is 0 Å². The summed E-state index contributed by atoms with van der Waals surface area (Å²) in [6.45, 7) is 0.336. The van der Waals surface area contributed by atoms with Gasteiger partial charge in [0, 0.05) is 23.2 Å². The van der Waals surface area contributed by atoms with Gasteiger partial charge in [-0.1, -0.05) is 42.5 Å². The summed E-state index contributed by atoms with van der Waals surface area (Å²) in [5.41, 5.74) is 2.44. The van der Waals surface area contributed by atoms with Crippen LogP contribution in [0.2, 0.25) is 0 Å². The average Bonchev–Trinajstić information content (AvgIpc) is 3.07. The van der Waals surface area contributed by atoms with Gasteiger partial charge in [0.15, 0.2) is 0 Å². The number of nitrogens with one attached hydrogen (secondary N) is 1. The van der Waals surface area contributed by atoms with Gasteiger partial charge in [-0.3, -0.25) is 0 Å². The third-order valence-corrected chi connectivity index (χ3v) is 6.26. The van der Waals surface area contributed by atoms with Gasteiger partial charge in [0.05, 0.1) is 0 Å². The summed E-state index contributed by atoms with van der Waals surface area (Å²) in [4.78, 5) is 0. The van der Waals surface area contributed by atoms with E-state index in [4.69, 9.17) is 5.14 Å². The van der Waals surface area contributed by atoms with E-state index in [1.54, 1.807) is 24.6 Å². The van der Waals surface area contributed by atoms with Crippen molar-refractivity contribution in [1.82, 2.24) is 5.32 Å². The third kappa shape index (κ3) is 3.50. The molecule has 1 aromatic heterocycles. The number of rotatable bonds is 5. The zero-order chi connectivity index (χ0) is 18.0. The molecule has 0 amide bonds. The van der Waals surface area contributed by atoms with Gasteiger partial charge in [0.25, 0.3) is 0 Å². The van der Waals surface area contributed by atoms with E-state index in [1.165, 1.54) is 0 Å². The van der Waals surface area contributed by atoms with E-state index < -0.39 is 15.8 Å². The first-order chi connectivity index (χ1) is 11.9. The lowest BCUT2D eigenvalue weighted by Gasteiger charge is -2.15. The molecular formula is C18H17FN2O2S2. The average molecular weight is 376 g/mol. The molecule has 0 saturated heterocycles. The van der Waals surface area contributed by atoms with Crippen LogP contribution in [-0.2, 0) is 16.6 Å². The Morgan fingerprint density at radius 3 is 2.44 bits per heavy atom. The van der Waals surface area contributed by atoms with Crippen molar-refractivity contribution in [2.75, 3.05) is 7.05 Å². The van der Waals surface area contributed by atoms with Gasteiger partial charge in [-0.2, -0.15) is 0 Å². The summed E-state index contributed by atoms with van der Waals surface area (Å²) in [6.07, 6.45) is 0. The molecule has 25 heavy (non-hydrogen) atoms. The molecule has 0 fully saturated rings. The molecule has 7 heteroatoms. The van der Waals surface area contributed by atoms with Crippen LogP contribution >= 0.6 is 11.3 Å². The number of thiophene rings is 1. The van der Waals surface area contributed by atoms with Crippen molar-refractivity contribution >= 4 is 21.4 Å². The van der Waals surface area contributed by atoms with E-state index in [1.807, 2.05) is 36.4 Å². The zero-order valence-electron chi connectivity index (χ0n) is 13.5. The first-order valence-corrected chi connectivity index (χ1v) is 9.98. The van der Waals surface area contributed by atoms with E-state index in [-0.39, 0.29) is 9.77 Å². The smallest absolute Gasteiger partial charge is 0.248 e. The van der Waals surface area contributed by atoms with Gasteiger partial charge >= 0.3 is 0 Å². The first-order valence-electron chi connectivity index (χ1n) is 7.55. The molecule has 0 unspecified atom stereocenters. The van der Waals surface area contributed by atoms with E-state index >= 15 is 4.39 Å². The van der Waals surface area contributed by atoms with Gasteiger partial charge < -0.3 is 5.32 Å². The predicted octanol–water partition coefficient (Wildman–Crippen LogP) is 3.59. The Balaban J connectivity index is 2.34. The van der Waals surface area contributed by atoms with E-state index in [9.17, 15) is 8.42 Å². The minimum Gasteiger partial charge on any atom is -0.316 e. The highest BCUT2D eigenvalue weighted by Gasteiger charge is 2.23. The maximum atomic E-state index is 15.3. The summed E-state index contributed by atoms with van der Waals surface area (Å²) < 4.78 is 39.1. The summed E-state index contributed by atoms with van der Waals surface area (Å²) in [5, 5.41) is 9.85. The fourth-order valence-electron chi connectivity index (χ4n) is 2.77. The predicted molar refractivity (Wildman–Crippen MR) is 99.3 cm³/mol. The van der Waals surface area contributed by atoms with Crippen LogP contribution in [0.15, 0.2) is 58.1 Å². The van der Waals surface area contributed by atoms with Crippen molar-refractivity contribution < 1.29 is 12.8 Å². The maximum absolute atomic E-state index is 15.3. The fraction of sp³-hybridized carbons (Fsp3) is 0.111. The standard InChI is InChI=1S/C18H17FN2O2S2/c1-21-11-13-7-8-14(12-5-3-2-4-6-12)16(17(13)19)15-9-10-24-18(15)25(20,22)23/h2-10,21H,11H2,1H3,(H2,20,22,23). The van der Waals surface area contributed by atoms with Crippen LogP contribution < -0.4 is 10.5 Å². The molecule has 0 atom stereocenters. The van der Waals surface area contributed by atoms with Gasteiger partial charge in [0.2, 0.25) is 10.0 Å². The Bertz CT molecular complexity index is 999. The number of hydrogen-bond acceptors (Lipinski definition) is 4. The van der Waals surface area contributed by atoms with Crippen LogP contribution in [0.1, 0.15) is 5.56 Å². The lowest BCUT2D eigenvalue weighted by molar-refractivity contribution is 0.599. The fourth-order valence-corrected chi connectivity index (χ4v) is 4.57. The molecule has 1 heterocycles. The maximum Gasteiger partial charge on any atom is 0.248 e.